The summed E-state index contributed by atoms with van der Waals surface area (Å²) in [5, 5.41) is 6.30. The van der Waals surface area contributed by atoms with Crippen molar-refractivity contribution in [2.75, 3.05) is 0 Å². The van der Waals surface area contributed by atoms with E-state index in [1.807, 2.05) is 78.9 Å². The number of nitrogens with zero attached hydrogens (tertiary/aromatic N) is 2. The molecule has 0 saturated carbocycles. The number of benzene rings is 7. The van der Waals surface area contributed by atoms with Crippen molar-refractivity contribution in [3.05, 3.63) is 266 Å². The van der Waals surface area contributed by atoms with Crippen LogP contribution >= 0.6 is 0 Å². The maximum absolute atomic E-state index is 9.59. The van der Waals surface area contributed by atoms with Gasteiger partial charge in [-0.3, -0.25) is 0 Å². The van der Waals surface area contributed by atoms with Crippen LogP contribution in [-0.2, 0) is 0 Å². The second-order valence-electron chi connectivity index (χ2n) is 14.3. The van der Waals surface area contributed by atoms with Crippen molar-refractivity contribution in [2.45, 2.75) is 0 Å². The Morgan fingerprint density at radius 2 is 1.34 bits per heavy atom. The Balaban J connectivity index is 1.21. The van der Waals surface area contributed by atoms with Crippen molar-refractivity contribution in [3.8, 4) is 5.69 Å². The summed E-state index contributed by atoms with van der Waals surface area (Å²) in [4.78, 5) is 1.65. The Bertz CT molecular complexity index is 3530. The lowest BCUT2D eigenvalue weighted by molar-refractivity contribution is 0.618. The molecule has 7 aromatic carbocycles. The quantitative estimate of drug-likeness (QED) is 0.109. The fourth-order valence-electron chi connectivity index (χ4n) is 7.85. The summed E-state index contributed by atoms with van der Waals surface area (Å²) in [6.07, 6.45) is 13.7. The molecular weight excluding hydrogens is 741 g/mol. The maximum atomic E-state index is 9.59. The van der Waals surface area contributed by atoms with E-state index in [1.54, 1.807) is 53.5 Å². The molecule has 0 saturated heterocycles. The van der Waals surface area contributed by atoms with Crippen LogP contribution in [0.1, 0.15) is 23.5 Å². The molecule has 0 unspecified atom stereocenters. The fourth-order valence-corrected chi connectivity index (χ4v) is 7.85. The van der Waals surface area contributed by atoms with Gasteiger partial charge in [-0.25, -0.2) is 0 Å². The predicted molar refractivity (Wildman–Crippen MR) is 262 cm³/mol. The SMILES string of the molecule is [2H]C=C([2H])/C(=C([2H])\C([2H])=C\N(C(/C=C\C=C)=C\c1cccc2c1oc1c3ccccc3ccc21)/C(C=C)=C([2H])/C=C/c1cccc(-n2c3ccccc3c3ccccc32)c1)c1ccccc1. The summed E-state index contributed by atoms with van der Waals surface area (Å²) in [7, 11) is 0. The third-order valence-electron chi connectivity index (χ3n) is 10.7. The standard InChI is InChI=1S/C58H44N2O/c1-4-7-28-48(41-46-26-19-34-53-54-38-37-45-25-11-12-31-50(45)58(54)61-57(46)53)59(39-20-27-43(5-2)44-23-9-8-10-24-44)47(6-3)29-17-21-42-22-18-30-49(40-42)60-55-35-15-13-32-51(55)52-33-14-16-36-56(52)60/h4-41H,1-3H2/b21-17+,28-7-,39-20+,43-27+,47-29+,48-41-/i2D,5D,20D,27D,29D/b5-2?,21-17+,28-7-,39-20+,43-27+,47-29+,48-41-. The summed E-state index contributed by atoms with van der Waals surface area (Å²) in [5.74, 6) is 0. The van der Waals surface area contributed by atoms with E-state index in [-0.39, 0.29) is 29.8 Å². The van der Waals surface area contributed by atoms with E-state index in [1.165, 1.54) is 17.0 Å². The number of para-hydroxylation sites is 3. The van der Waals surface area contributed by atoms with Crippen LogP contribution in [0.4, 0.5) is 0 Å². The van der Waals surface area contributed by atoms with Gasteiger partial charge in [-0.05, 0) is 82.8 Å². The second-order valence-corrected chi connectivity index (χ2v) is 14.3. The number of aromatic nitrogens is 1. The summed E-state index contributed by atoms with van der Waals surface area (Å²) in [6, 6.07) is 51.4. The molecule has 0 aliphatic heterocycles. The van der Waals surface area contributed by atoms with Crippen LogP contribution in [-0.4, -0.2) is 9.47 Å². The van der Waals surface area contributed by atoms with Crippen LogP contribution in [0.2, 0.25) is 0 Å². The van der Waals surface area contributed by atoms with Crippen molar-refractivity contribution in [1.29, 1.82) is 0 Å². The summed E-state index contributed by atoms with van der Waals surface area (Å²) in [6.45, 7) is 8.96. The highest BCUT2D eigenvalue weighted by Crippen LogP contribution is 2.37. The molecule has 0 aliphatic carbocycles. The van der Waals surface area contributed by atoms with Crippen molar-refractivity contribution in [3.63, 3.8) is 0 Å². The first-order valence-corrected chi connectivity index (χ1v) is 20.0. The van der Waals surface area contributed by atoms with Crippen LogP contribution in [0.15, 0.2) is 254 Å². The van der Waals surface area contributed by atoms with E-state index in [0.717, 1.165) is 61.5 Å². The van der Waals surface area contributed by atoms with Gasteiger partial charge in [0.15, 0.2) is 0 Å². The van der Waals surface area contributed by atoms with Crippen LogP contribution in [0.25, 0.3) is 77.9 Å². The second kappa shape index (κ2) is 17.4. The fraction of sp³-hybridized carbons (Fsp3) is 0. The molecule has 3 nitrogen and oxygen atoms in total. The lowest BCUT2D eigenvalue weighted by atomic mass is 10.0. The van der Waals surface area contributed by atoms with Crippen molar-refractivity contribution < 1.29 is 11.3 Å². The molecule has 61 heavy (non-hydrogen) atoms. The van der Waals surface area contributed by atoms with Crippen molar-refractivity contribution >= 4 is 72.2 Å². The molecule has 292 valence electrons. The highest BCUT2D eigenvalue weighted by molar-refractivity contribution is 6.16. The van der Waals surface area contributed by atoms with Crippen LogP contribution in [0.5, 0.6) is 0 Å². The molecule has 0 atom stereocenters. The van der Waals surface area contributed by atoms with E-state index in [9.17, 15) is 4.11 Å². The van der Waals surface area contributed by atoms with E-state index in [2.05, 4.69) is 90.5 Å². The smallest absolute Gasteiger partial charge is 0.143 e. The Kier molecular flexibility index (Phi) is 9.34. The molecule has 9 aromatic rings. The molecule has 0 bridgehead atoms. The first-order valence-electron chi connectivity index (χ1n) is 22.6. The van der Waals surface area contributed by atoms with Crippen molar-refractivity contribution in [1.82, 2.24) is 9.47 Å². The van der Waals surface area contributed by atoms with Gasteiger partial charge in [-0.1, -0.05) is 184 Å². The largest absolute Gasteiger partial charge is 0.455 e. The van der Waals surface area contributed by atoms with E-state index in [4.69, 9.17) is 7.16 Å². The normalized spacial score (nSPS) is 14.9. The van der Waals surface area contributed by atoms with Gasteiger partial charge in [0.1, 0.15) is 11.2 Å². The molecule has 2 aromatic heterocycles. The lowest BCUT2D eigenvalue weighted by Gasteiger charge is -2.23. The first kappa shape index (κ1) is 32.8. The topological polar surface area (TPSA) is 21.3 Å². The average molecular weight is 790 g/mol. The van der Waals surface area contributed by atoms with E-state index in [0.29, 0.717) is 22.5 Å². The number of hydrogen-bond donors (Lipinski definition) is 0. The molecule has 0 fully saturated rings. The van der Waals surface area contributed by atoms with E-state index < -0.39 is 0 Å². The summed E-state index contributed by atoms with van der Waals surface area (Å²) >= 11 is 0. The Hall–Kier alpha value is -8.14. The first-order chi connectivity index (χ1) is 32.3. The number of furan rings is 1. The van der Waals surface area contributed by atoms with Gasteiger partial charge in [0.25, 0.3) is 0 Å². The third-order valence-corrected chi connectivity index (χ3v) is 10.7. The highest BCUT2D eigenvalue weighted by atomic mass is 16.3. The van der Waals surface area contributed by atoms with Gasteiger partial charge in [0.05, 0.1) is 17.9 Å². The van der Waals surface area contributed by atoms with Crippen molar-refractivity contribution in [2.24, 2.45) is 0 Å². The Morgan fingerprint density at radius 3 is 2.11 bits per heavy atom. The van der Waals surface area contributed by atoms with Gasteiger partial charge in [-0.2, -0.15) is 0 Å². The molecule has 3 heteroatoms. The van der Waals surface area contributed by atoms with Crippen LogP contribution < -0.4 is 0 Å². The number of rotatable bonds is 13. The molecular formula is C58H44N2O. The minimum Gasteiger partial charge on any atom is -0.455 e. The van der Waals surface area contributed by atoms with Crippen LogP contribution in [0.3, 0.4) is 0 Å². The lowest BCUT2D eigenvalue weighted by Crippen LogP contribution is -2.13. The maximum Gasteiger partial charge on any atom is 0.143 e. The molecule has 0 amide bonds. The minimum absolute atomic E-state index is 0.0775. The minimum atomic E-state index is -0.273. The molecule has 2 heterocycles. The summed E-state index contributed by atoms with van der Waals surface area (Å²) in [5.41, 5.74) is 7.68. The summed E-state index contributed by atoms with van der Waals surface area (Å²) < 4.78 is 53.8. The molecule has 0 spiro atoms. The zero-order chi connectivity index (χ0) is 45.7. The molecule has 0 N–H and O–H groups in total. The Labute approximate surface area is 363 Å². The monoisotopic (exact) mass is 789 g/mol. The van der Waals surface area contributed by atoms with E-state index >= 15 is 0 Å². The average Bonchev–Trinajstić information content (AvgIpc) is 3.92. The molecule has 0 aliphatic rings. The van der Waals surface area contributed by atoms with Gasteiger partial charge >= 0.3 is 0 Å². The van der Waals surface area contributed by atoms with Gasteiger partial charge in [0, 0.05) is 55.8 Å². The Morgan fingerprint density at radius 1 is 0.639 bits per heavy atom. The van der Waals surface area contributed by atoms with Gasteiger partial charge in [0.2, 0.25) is 0 Å². The van der Waals surface area contributed by atoms with Crippen LogP contribution in [0, 0.1) is 0 Å². The number of fused-ring (bicyclic) bond motifs is 8. The zero-order valence-corrected chi connectivity index (χ0v) is 33.4. The highest BCUT2D eigenvalue weighted by Gasteiger charge is 2.15. The number of allylic oxidation sites excluding steroid dienone is 10. The van der Waals surface area contributed by atoms with Gasteiger partial charge in [-0.15, -0.1) is 0 Å². The van der Waals surface area contributed by atoms with Gasteiger partial charge < -0.3 is 13.9 Å². The molecule has 0 radical (unpaired) electrons. The number of hydrogen-bond acceptors (Lipinski definition) is 2. The third kappa shape index (κ3) is 7.65. The molecule has 9 rings (SSSR count). The zero-order valence-electron chi connectivity index (χ0n) is 38.4. The predicted octanol–water partition coefficient (Wildman–Crippen LogP) is 15.8.